The first-order valence-electron chi connectivity index (χ1n) is 7.71. The molecule has 0 spiro atoms. The predicted molar refractivity (Wildman–Crippen MR) is 114 cm³/mol. The van der Waals surface area contributed by atoms with Gasteiger partial charge in [0.05, 0.1) is 5.69 Å². The van der Waals surface area contributed by atoms with Crippen molar-refractivity contribution in [2.45, 2.75) is 20.8 Å². The van der Waals surface area contributed by atoms with Gasteiger partial charge < -0.3 is 4.57 Å². The first-order chi connectivity index (χ1) is 11.5. The van der Waals surface area contributed by atoms with Crippen LogP contribution in [0, 0.1) is 24.3 Å². The average Bonchev–Trinajstić information content (AvgIpc) is 2.82. The minimum atomic E-state index is 0.997. The summed E-state index contributed by atoms with van der Waals surface area (Å²) in [4.78, 5) is 4.68. The van der Waals surface area contributed by atoms with Crippen molar-refractivity contribution in [3.8, 4) is 5.69 Å². The van der Waals surface area contributed by atoms with Gasteiger partial charge in [0.2, 0.25) is 0 Å². The lowest BCUT2D eigenvalue weighted by atomic mass is 10.2. The molecule has 0 saturated carbocycles. The Bertz CT molecular complexity index is 908. The molecule has 0 unspecified atom stereocenters. The van der Waals surface area contributed by atoms with Crippen LogP contribution in [0.3, 0.4) is 0 Å². The molecule has 0 aliphatic heterocycles. The molecule has 2 nitrogen and oxygen atoms in total. The fourth-order valence-corrected chi connectivity index (χ4v) is 3.64. The van der Waals surface area contributed by atoms with Gasteiger partial charge in [-0.05, 0) is 97.5 Å². The maximum absolute atomic E-state index is 4.68. The number of rotatable bonds is 3. The molecular formula is C20H18BrIN2. The van der Waals surface area contributed by atoms with Crippen molar-refractivity contribution in [3.05, 3.63) is 79.1 Å². The first-order valence-corrected chi connectivity index (χ1v) is 9.58. The lowest BCUT2D eigenvalue weighted by Gasteiger charge is -2.09. The minimum Gasteiger partial charge on any atom is -0.318 e. The molecule has 0 aliphatic rings. The van der Waals surface area contributed by atoms with Crippen molar-refractivity contribution < 1.29 is 0 Å². The summed E-state index contributed by atoms with van der Waals surface area (Å²) in [6.45, 7) is 6.35. The van der Waals surface area contributed by atoms with Crippen molar-refractivity contribution in [2.75, 3.05) is 0 Å². The Morgan fingerprint density at radius 2 is 1.71 bits per heavy atom. The smallest absolute Gasteiger partial charge is 0.0659 e. The van der Waals surface area contributed by atoms with E-state index in [2.05, 4.69) is 105 Å². The van der Waals surface area contributed by atoms with Crippen molar-refractivity contribution in [1.29, 1.82) is 0 Å². The van der Waals surface area contributed by atoms with E-state index in [0.717, 1.165) is 21.3 Å². The topological polar surface area (TPSA) is 17.3 Å². The molecule has 0 N–H and O–H groups in total. The van der Waals surface area contributed by atoms with E-state index in [1.54, 1.807) is 0 Å². The fourth-order valence-electron chi connectivity index (χ4n) is 2.81. The summed E-state index contributed by atoms with van der Waals surface area (Å²) in [6.07, 6.45) is 1.96. The Morgan fingerprint density at radius 3 is 2.38 bits per heavy atom. The van der Waals surface area contributed by atoms with Crippen LogP contribution < -0.4 is 0 Å². The number of halogens is 2. The Balaban J connectivity index is 1.97. The molecule has 2 aromatic carbocycles. The van der Waals surface area contributed by atoms with Gasteiger partial charge in [-0.1, -0.05) is 15.9 Å². The molecule has 0 saturated heterocycles. The molecule has 0 bridgehead atoms. The predicted octanol–water partition coefficient (Wildman–Crippen LogP) is 6.52. The van der Waals surface area contributed by atoms with E-state index in [9.17, 15) is 0 Å². The Morgan fingerprint density at radius 1 is 1.00 bits per heavy atom. The highest BCUT2D eigenvalue weighted by molar-refractivity contribution is 14.1. The van der Waals surface area contributed by atoms with Crippen molar-refractivity contribution in [3.63, 3.8) is 0 Å². The van der Waals surface area contributed by atoms with E-state index in [4.69, 9.17) is 0 Å². The molecule has 4 heteroatoms. The summed E-state index contributed by atoms with van der Waals surface area (Å²) in [5.74, 6) is 0. The van der Waals surface area contributed by atoms with Gasteiger partial charge in [-0.15, -0.1) is 0 Å². The molecule has 0 aliphatic carbocycles. The molecule has 3 rings (SSSR count). The van der Waals surface area contributed by atoms with Gasteiger partial charge >= 0.3 is 0 Å². The van der Waals surface area contributed by atoms with Gasteiger partial charge in [-0.2, -0.15) is 0 Å². The zero-order valence-electron chi connectivity index (χ0n) is 13.8. The number of nitrogens with zero attached hydrogens (tertiary/aromatic N) is 2. The van der Waals surface area contributed by atoms with Crippen LogP contribution in [0.1, 0.15) is 22.5 Å². The van der Waals surface area contributed by atoms with Gasteiger partial charge in [0, 0.05) is 36.9 Å². The van der Waals surface area contributed by atoms with Crippen molar-refractivity contribution in [2.24, 2.45) is 4.99 Å². The molecular weight excluding hydrogens is 475 g/mol. The Labute approximate surface area is 164 Å². The highest BCUT2D eigenvalue weighted by Crippen LogP contribution is 2.24. The minimum absolute atomic E-state index is 0.997. The summed E-state index contributed by atoms with van der Waals surface area (Å²) in [5, 5.41) is 0. The second-order valence-electron chi connectivity index (χ2n) is 5.83. The zero-order chi connectivity index (χ0) is 17.3. The number of hydrogen-bond donors (Lipinski definition) is 0. The molecule has 1 heterocycles. The highest BCUT2D eigenvalue weighted by Gasteiger charge is 2.09. The van der Waals surface area contributed by atoms with Crippen LogP contribution in [0.25, 0.3) is 5.69 Å². The highest BCUT2D eigenvalue weighted by atomic mass is 127. The number of aryl methyl sites for hydroxylation is 2. The summed E-state index contributed by atoms with van der Waals surface area (Å²) < 4.78 is 4.59. The van der Waals surface area contributed by atoms with Crippen molar-refractivity contribution >= 4 is 50.4 Å². The molecule has 3 aromatic rings. The molecule has 0 atom stereocenters. The van der Waals surface area contributed by atoms with Gasteiger partial charge in [-0.25, -0.2) is 0 Å². The molecule has 122 valence electrons. The third-order valence-corrected chi connectivity index (χ3v) is 5.27. The SMILES string of the molecule is Cc1cc(Br)ccc1N=Cc1cc(C)n(-c2ccc(I)cc2)c1C. The maximum Gasteiger partial charge on any atom is 0.0659 e. The van der Waals surface area contributed by atoms with Crippen LogP contribution in [0.15, 0.2) is 58.0 Å². The van der Waals surface area contributed by atoms with Crippen LogP contribution in [0.4, 0.5) is 5.69 Å². The monoisotopic (exact) mass is 492 g/mol. The van der Waals surface area contributed by atoms with E-state index in [0.29, 0.717) is 0 Å². The van der Waals surface area contributed by atoms with Crippen LogP contribution in [-0.2, 0) is 0 Å². The zero-order valence-corrected chi connectivity index (χ0v) is 17.6. The summed E-state index contributed by atoms with van der Waals surface area (Å²) in [5.41, 5.74) is 6.90. The third-order valence-electron chi connectivity index (χ3n) is 4.06. The lowest BCUT2D eigenvalue weighted by molar-refractivity contribution is 0.964. The van der Waals surface area contributed by atoms with Crippen LogP contribution >= 0.6 is 38.5 Å². The second-order valence-corrected chi connectivity index (χ2v) is 7.99. The second kappa shape index (κ2) is 7.23. The van der Waals surface area contributed by atoms with E-state index < -0.39 is 0 Å². The summed E-state index contributed by atoms with van der Waals surface area (Å²) in [7, 11) is 0. The standard InChI is InChI=1S/C20H18BrIN2/c1-13-10-17(21)4-9-20(13)23-12-16-11-14(2)24(15(16)3)19-7-5-18(22)6-8-19/h4-12H,1-3H3. The quantitative estimate of drug-likeness (QED) is 0.292. The molecule has 0 amide bonds. The first kappa shape index (κ1) is 17.4. The maximum atomic E-state index is 4.68. The van der Waals surface area contributed by atoms with E-state index in [1.165, 1.54) is 20.6 Å². The summed E-state index contributed by atoms with van der Waals surface area (Å²) in [6, 6.07) is 16.9. The van der Waals surface area contributed by atoms with Crippen LogP contribution in [-0.4, -0.2) is 10.8 Å². The molecule has 24 heavy (non-hydrogen) atoms. The van der Waals surface area contributed by atoms with E-state index in [-0.39, 0.29) is 0 Å². The van der Waals surface area contributed by atoms with Gasteiger partial charge in [-0.3, -0.25) is 4.99 Å². The Hall–Kier alpha value is -1.40. The van der Waals surface area contributed by atoms with Gasteiger partial charge in [0.25, 0.3) is 0 Å². The number of aliphatic imine (C=N–C) groups is 1. The molecule has 0 radical (unpaired) electrons. The number of benzene rings is 2. The third kappa shape index (κ3) is 3.64. The summed E-state index contributed by atoms with van der Waals surface area (Å²) >= 11 is 5.82. The van der Waals surface area contributed by atoms with Crippen LogP contribution in [0.5, 0.6) is 0 Å². The molecule has 1 aromatic heterocycles. The van der Waals surface area contributed by atoms with E-state index in [1.807, 2.05) is 18.3 Å². The lowest BCUT2D eigenvalue weighted by Crippen LogP contribution is -1.99. The average molecular weight is 493 g/mol. The fraction of sp³-hybridized carbons (Fsp3) is 0.150. The Kier molecular flexibility index (Phi) is 5.25. The molecule has 0 fully saturated rings. The normalized spacial score (nSPS) is 11.4. The van der Waals surface area contributed by atoms with Crippen LogP contribution in [0.2, 0.25) is 0 Å². The van der Waals surface area contributed by atoms with Gasteiger partial charge in [0.15, 0.2) is 0 Å². The van der Waals surface area contributed by atoms with E-state index >= 15 is 0 Å². The van der Waals surface area contributed by atoms with Crippen molar-refractivity contribution in [1.82, 2.24) is 4.57 Å². The largest absolute Gasteiger partial charge is 0.318 e. The number of aromatic nitrogens is 1. The number of hydrogen-bond acceptors (Lipinski definition) is 1. The van der Waals surface area contributed by atoms with Gasteiger partial charge in [0.1, 0.15) is 0 Å².